The van der Waals surface area contributed by atoms with Crippen LogP contribution in [0.15, 0.2) is 0 Å². The Morgan fingerprint density at radius 3 is 3.00 bits per heavy atom. The summed E-state index contributed by atoms with van der Waals surface area (Å²) in [4.78, 5) is 13.9. The van der Waals surface area contributed by atoms with Crippen molar-refractivity contribution in [3.05, 3.63) is 0 Å². The molecule has 1 fully saturated rings. The Bertz CT molecular complexity index is 221. The molecule has 1 rings (SSSR count). The largest absolute Gasteiger partial charge is 0.396 e. The van der Waals surface area contributed by atoms with E-state index >= 15 is 0 Å². The van der Waals surface area contributed by atoms with Gasteiger partial charge in [-0.15, -0.1) is 0 Å². The van der Waals surface area contributed by atoms with E-state index in [1.807, 2.05) is 4.90 Å². The van der Waals surface area contributed by atoms with Crippen LogP contribution in [-0.2, 0) is 9.53 Å². The lowest BCUT2D eigenvalue weighted by molar-refractivity contribution is -0.133. The van der Waals surface area contributed by atoms with Crippen molar-refractivity contribution in [2.75, 3.05) is 26.4 Å². The van der Waals surface area contributed by atoms with E-state index in [0.29, 0.717) is 19.1 Å². The third-order valence-electron chi connectivity index (χ3n) is 3.20. The van der Waals surface area contributed by atoms with Gasteiger partial charge in [0.25, 0.3) is 0 Å². The zero-order valence-electron chi connectivity index (χ0n) is 10.9. The number of carbonyl (C=O) groups excluding carboxylic acids is 1. The Labute approximate surface area is 104 Å². The molecule has 1 saturated heterocycles. The standard InChI is InChI=1S/C13H25NO3/c1-2-10-17-11-7-13(16)14-8-3-5-12(14)6-4-9-15/h12,15H,2-11H2,1H3. The number of hydrogen-bond acceptors (Lipinski definition) is 3. The summed E-state index contributed by atoms with van der Waals surface area (Å²) >= 11 is 0. The molecular weight excluding hydrogens is 218 g/mol. The molecule has 0 aliphatic carbocycles. The van der Waals surface area contributed by atoms with Crippen molar-refractivity contribution in [3.63, 3.8) is 0 Å². The van der Waals surface area contributed by atoms with Gasteiger partial charge in [-0.25, -0.2) is 0 Å². The molecule has 100 valence electrons. The maximum absolute atomic E-state index is 12.0. The molecule has 1 atom stereocenters. The molecule has 0 bridgehead atoms. The van der Waals surface area contributed by atoms with E-state index in [-0.39, 0.29) is 12.5 Å². The molecule has 1 aliphatic heterocycles. The number of rotatable bonds is 8. The monoisotopic (exact) mass is 243 g/mol. The van der Waals surface area contributed by atoms with Crippen LogP contribution in [-0.4, -0.2) is 48.3 Å². The molecule has 1 heterocycles. The van der Waals surface area contributed by atoms with Crippen LogP contribution in [0, 0.1) is 0 Å². The van der Waals surface area contributed by atoms with Gasteiger partial charge in [-0.3, -0.25) is 4.79 Å². The fraction of sp³-hybridized carbons (Fsp3) is 0.923. The number of aliphatic hydroxyl groups excluding tert-OH is 1. The molecule has 4 nitrogen and oxygen atoms in total. The number of ether oxygens (including phenoxy) is 1. The molecule has 1 unspecified atom stereocenters. The molecule has 17 heavy (non-hydrogen) atoms. The highest BCUT2D eigenvalue weighted by Gasteiger charge is 2.27. The number of hydrogen-bond donors (Lipinski definition) is 1. The maximum Gasteiger partial charge on any atom is 0.225 e. The first-order valence-electron chi connectivity index (χ1n) is 6.77. The lowest BCUT2D eigenvalue weighted by Gasteiger charge is -2.24. The van der Waals surface area contributed by atoms with E-state index in [1.54, 1.807) is 0 Å². The Hall–Kier alpha value is -0.610. The van der Waals surface area contributed by atoms with Crippen LogP contribution in [0.4, 0.5) is 0 Å². The van der Waals surface area contributed by atoms with Crippen LogP contribution in [0.3, 0.4) is 0 Å². The SMILES string of the molecule is CCCOCCC(=O)N1CCCC1CCCO. The van der Waals surface area contributed by atoms with Gasteiger partial charge in [-0.1, -0.05) is 6.92 Å². The van der Waals surface area contributed by atoms with E-state index in [4.69, 9.17) is 9.84 Å². The van der Waals surface area contributed by atoms with Crippen LogP contribution in [0.2, 0.25) is 0 Å². The first-order chi connectivity index (χ1) is 8.29. The fourth-order valence-corrected chi connectivity index (χ4v) is 2.34. The second-order valence-electron chi connectivity index (χ2n) is 4.61. The zero-order valence-corrected chi connectivity index (χ0v) is 10.9. The predicted octanol–water partition coefficient (Wildman–Crippen LogP) is 1.57. The number of likely N-dealkylation sites (tertiary alicyclic amines) is 1. The zero-order chi connectivity index (χ0) is 12.5. The molecule has 1 N–H and O–H groups in total. The lowest BCUT2D eigenvalue weighted by atomic mass is 10.1. The van der Waals surface area contributed by atoms with Gasteiger partial charge in [0.2, 0.25) is 5.91 Å². The van der Waals surface area contributed by atoms with Crippen LogP contribution < -0.4 is 0 Å². The van der Waals surface area contributed by atoms with Gasteiger partial charge in [0, 0.05) is 25.8 Å². The summed E-state index contributed by atoms with van der Waals surface area (Å²) in [5.74, 6) is 0.210. The summed E-state index contributed by atoms with van der Waals surface area (Å²) in [5.41, 5.74) is 0. The van der Waals surface area contributed by atoms with E-state index in [9.17, 15) is 4.79 Å². The fourth-order valence-electron chi connectivity index (χ4n) is 2.34. The van der Waals surface area contributed by atoms with Crippen molar-refractivity contribution in [1.82, 2.24) is 4.90 Å². The van der Waals surface area contributed by atoms with Gasteiger partial charge < -0.3 is 14.7 Å². The molecule has 1 amide bonds. The van der Waals surface area contributed by atoms with Gasteiger partial charge in [0.15, 0.2) is 0 Å². The number of nitrogens with zero attached hydrogens (tertiary/aromatic N) is 1. The Morgan fingerprint density at radius 1 is 1.47 bits per heavy atom. The number of carbonyl (C=O) groups is 1. The first kappa shape index (κ1) is 14.5. The molecule has 0 saturated carbocycles. The van der Waals surface area contributed by atoms with Crippen molar-refractivity contribution in [3.8, 4) is 0 Å². The quantitative estimate of drug-likeness (QED) is 0.658. The topological polar surface area (TPSA) is 49.8 Å². The molecule has 0 aromatic heterocycles. The Kier molecular flexibility index (Phi) is 7.21. The van der Waals surface area contributed by atoms with Gasteiger partial charge in [-0.05, 0) is 32.1 Å². The molecule has 0 aromatic carbocycles. The third-order valence-corrected chi connectivity index (χ3v) is 3.20. The Morgan fingerprint density at radius 2 is 2.29 bits per heavy atom. The second kappa shape index (κ2) is 8.48. The lowest BCUT2D eigenvalue weighted by Crippen LogP contribution is -2.36. The van der Waals surface area contributed by atoms with Gasteiger partial charge in [0.1, 0.15) is 0 Å². The summed E-state index contributed by atoms with van der Waals surface area (Å²) in [6.45, 7) is 4.44. The molecule has 0 spiro atoms. The van der Waals surface area contributed by atoms with Crippen LogP contribution in [0.5, 0.6) is 0 Å². The average Bonchev–Trinajstić information content (AvgIpc) is 2.80. The highest BCUT2D eigenvalue weighted by molar-refractivity contribution is 5.76. The highest BCUT2D eigenvalue weighted by Crippen LogP contribution is 2.21. The molecule has 0 radical (unpaired) electrons. The van der Waals surface area contributed by atoms with Crippen molar-refractivity contribution >= 4 is 5.91 Å². The van der Waals surface area contributed by atoms with Crippen LogP contribution >= 0.6 is 0 Å². The van der Waals surface area contributed by atoms with Gasteiger partial charge in [0.05, 0.1) is 13.0 Å². The van der Waals surface area contributed by atoms with Crippen molar-refractivity contribution in [2.45, 2.75) is 51.5 Å². The minimum absolute atomic E-state index is 0.210. The van der Waals surface area contributed by atoms with Crippen molar-refractivity contribution < 1.29 is 14.6 Å². The average molecular weight is 243 g/mol. The van der Waals surface area contributed by atoms with Gasteiger partial charge in [-0.2, -0.15) is 0 Å². The first-order valence-corrected chi connectivity index (χ1v) is 6.77. The van der Waals surface area contributed by atoms with Crippen LogP contribution in [0.1, 0.15) is 45.4 Å². The van der Waals surface area contributed by atoms with Crippen molar-refractivity contribution in [2.24, 2.45) is 0 Å². The minimum Gasteiger partial charge on any atom is -0.396 e. The molecule has 1 aliphatic rings. The predicted molar refractivity (Wildman–Crippen MR) is 66.8 cm³/mol. The second-order valence-corrected chi connectivity index (χ2v) is 4.61. The maximum atomic E-state index is 12.0. The summed E-state index contributed by atoms with van der Waals surface area (Å²) in [5, 5.41) is 8.83. The third kappa shape index (κ3) is 5.04. The van der Waals surface area contributed by atoms with Gasteiger partial charge >= 0.3 is 0 Å². The molecule has 4 heteroatoms. The number of aliphatic hydroxyl groups is 1. The summed E-state index contributed by atoms with van der Waals surface area (Å²) in [6.07, 6.45) is 5.39. The Balaban J connectivity index is 2.24. The highest BCUT2D eigenvalue weighted by atomic mass is 16.5. The van der Waals surface area contributed by atoms with E-state index in [0.717, 1.165) is 45.3 Å². The van der Waals surface area contributed by atoms with Crippen LogP contribution in [0.25, 0.3) is 0 Å². The van der Waals surface area contributed by atoms with E-state index in [1.165, 1.54) is 0 Å². The van der Waals surface area contributed by atoms with Crippen molar-refractivity contribution in [1.29, 1.82) is 0 Å². The number of amides is 1. The molecule has 0 aromatic rings. The summed E-state index contributed by atoms with van der Waals surface area (Å²) in [6, 6.07) is 0.348. The molecular formula is C13H25NO3. The normalized spacial score (nSPS) is 19.9. The minimum atomic E-state index is 0.210. The summed E-state index contributed by atoms with van der Waals surface area (Å²) < 4.78 is 5.34. The van der Waals surface area contributed by atoms with E-state index in [2.05, 4.69) is 6.92 Å². The van der Waals surface area contributed by atoms with E-state index < -0.39 is 0 Å². The smallest absolute Gasteiger partial charge is 0.225 e. The summed E-state index contributed by atoms with van der Waals surface area (Å²) in [7, 11) is 0.